The van der Waals surface area contributed by atoms with Crippen molar-refractivity contribution in [1.82, 2.24) is 0 Å². The topological polar surface area (TPSA) is 132 Å². The molecule has 132 heavy (non-hydrogen) atoms. The van der Waals surface area contributed by atoms with E-state index in [1.54, 1.807) is 60.7 Å². The third kappa shape index (κ3) is 31.6. The minimum Gasteiger partial charge on any atom is -0.485 e. The second-order valence-electron chi connectivity index (χ2n) is 34.1. The molecule has 0 radical (unpaired) electrons. The molecular weight excluding hydrogens is 1700 g/mol. The van der Waals surface area contributed by atoms with Gasteiger partial charge in [-0.05, 0) is 324 Å². The number of hydrogen-bond acceptors (Lipinski definition) is 10. The maximum Gasteiger partial charge on any atom is 0.343 e. The van der Waals surface area contributed by atoms with Gasteiger partial charge >= 0.3 is 23.9 Å². The largest absolute Gasteiger partial charge is 0.485 e. The van der Waals surface area contributed by atoms with Crippen molar-refractivity contribution in [1.29, 1.82) is 0 Å². The quantitative estimate of drug-likeness (QED) is 0.0244. The Labute approximate surface area is 765 Å². The lowest BCUT2D eigenvalue weighted by Crippen LogP contribution is -2.25. The third-order valence-corrected chi connectivity index (χ3v) is 23.7. The van der Waals surface area contributed by atoms with E-state index in [4.69, 9.17) is 23.7 Å². The molecule has 0 aliphatic heterocycles. The third-order valence-electron chi connectivity index (χ3n) is 23.7. The van der Waals surface area contributed by atoms with E-state index in [1.165, 1.54) is 159 Å². The van der Waals surface area contributed by atoms with Gasteiger partial charge in [0, 0.05) is 46.0 Å². The van der Waals surface area contributed by atoms with Crippen LogP contribution in [-0.2, 0) is 4.79 Å². The molecule has 4 aliphatic carbocycles. The maximum atomic E-state index is 13.2. The lowest BCUT2D eigenvalue weighted by molar-refractivity contribution is -0.140. The predicted octanol–water partition coefficient (Wildman–Crippen LogP) is 28.5. The number of carbonyl (C=O) groups excluding carboxylic acids is 5. The molecular formula is C112H104F10O10. The van der Waals surface area contributed by atoms with Crippen LogP contribution in [0, 0.1) is 125 Å². The lowest BCUT2D eigenvalue weighted by Gasteiger charge is -2.26. The zero-order valence-corrected chi connectivity index (χ0v) is 74.4. The number of carbonyl (C=O) groups is 5. The van der Waals surface area contributed by atoms with Crippen molar-refractivity contribution < 1.29 is 91.6 Å². The van der Waals surface area contributed by atoms with Gasteiger partial charge in [0.25, 0.3) is 0 Å². The fourth-order valence-electron chi connectivity index (χ4n) is 15.4. The van der Waals surface area contributed by atoms with Crippen LogP contribution < -0.4 is 23.7 Å². The molecule has 20 heteroatoms. The number of Topliss-reactive ketones (excluding diaryl/α,β-unsaturated/α-hetero) is 1. The van der Waals surface area contributed by atoms with Gasteiger partial charge in [-0.2, -0.15) is 0 Å². The molecule has 0 amide bonds. The number of aryl methyl sites for hydroxylation is 2. The second kappa shape index (κ2) is 49.4. The Morgan fingerprint density at radius 2 is 0.561 bits per heavy atom. The Morgan fingerprint density at radius 3 is 0.947 bits per heavy atom. The van der Waals surface area contributed by atoms with Gasteiger partial charge in [-0.3, -0.25) is 9.59 Å². The van der Waals surface area contributed by atoms with Crippen molar-refractivity contribution in [3.05, 3.63) is 397 Å². The predicted molar refractivity (Wildman–Crippen MR) is 491 cm³/mol. The highest BCUT2D eigenvalue weighted by Crippen LogP contribution is 2.39. The van der Waals surface area contributed by atoms with Crippen LogP contribution in [0.3, 0.4) is 0 Å². The Hall–Kier alpha value is -13.6. The number of benzene rings is 12. The van der Waals surface area contributed by atoms with Crippen molar-refractivity contribution in [3.8, 4) is 52.4 Å². The fraction of sp³-hybridized carbons (Fsp3) is 0.277. The molecule has 12 aromatic rings. The molecule has 0 atom stereocenters. The van der Waals surface area contributed by atoms with Crippen LogP contribution in [0.5, 0.6) is 28.7 Å². The van der Waals surface area contributed by atoms with Gasteiger partial charge in [0.05, 0.1) is 22.6 Å². The van der Waals surface area contributed by atoms with Crippen LogP contribution in [0.4, 0.5) is 43.9 Å². The van der Waals surface area contributed by atoms with Crippen LogP contribution in [0.1, 0.15) is 240 Å². The number of hydrogen-bond donors (Lipinski definition) is 0. The number of ether oxygens (including phenoxy) is 5. The van der Waals surface area contributed by atoms with Crippen molar-refractivity contribution in [2.75, 3.05) is 6.61 Å². The first-order valence-electron chi connectivity index (χ1n) is 44.4. The smallest absolute Gasteiger partial charge is 0.343 e. The zero-order valence-electron chi connectivity index (χ0n) is 74.4. The van der Waals surface area contributed by atoms with E-state index in [2.05, 4.69) is 51.4 Å². The first-order valence-corrected chi connectivity index (χ1v) is 44.4. The van der Waals surface area contributed by atoms with Crippen LogP contribution >= 0.6 is 0 Å². The number of halogens is 10. The number of ketones is 1. The van der Waals surface area contributed by atoms with Crippen molar-refractivity contribution >= 4 is 29.7 Å². The van der Waals surface area contributed by atoms with Crippen molar-refractivity contribution in [2.24, 2.45) is 29.6 Å². The van der Waals surface area contributed by atoms with Gasteiger partial charge in [-0.1, -0.05) is 162 Å². The monoisotopic (exact) mass is 1800 g/mol. The lowest BCUT2D eigenvalue weighted by atomic mass is 9.79. The molecule has 12 aromatic carbocycles. The fourth-order valence-corrected chi connectivity index (χ4v) is 15.4. The average Bonchev–Trinajstić information content (AvgIpc) is 0.842. The van der Waals surface area contributed by atoms with E-state index in [0.717, 1.165) is 103 Å². The number of rotatable bonds is 15. The highest BCUT2D eigenvalue weighted by molar-refractivity contribution is 5.97. The van der Waals surface area contributed by atoms with Gasteiger partial charge in [0.15, 0.2) is 53.1 Å². The van der Waals surface area contributed by atoms with Crippen molar-refractivity contribution in [2.45, 2.75) is 162 Å². The summed E-state index contributed by atoms with van der Waals surface area (Å²) >= 11 is 0. The molecule has 0 saturated heterocycles. The number of esters is 4. The molecule has 10 nitrogen and oxygen atoms in total. The molecule has 16 rings (SSSR count). The van der Waals surface area contributed by atoms with Gasteiger partial charge in [0.1, 0.15) is 46.2 Å². The average molecular weight is 1800 g/mol. The highest BCUT2D eigenvalue weighted by atomic mass is 19.2. The summed E-state index contributed by atoms with van der Waals surface area (Å²) in [5, 5.41) is 0. The maximum absolute atomic E-state index is 13.2. The first-order chi connectivity index (χ1) is 63.5. The van der Waals surface area contributed by atoms with E-state index < -0.39 is 58.6 Å². The highest BCUT2D eigenvalue weighted by Gasteiger charge is 2.28. The summed E-state index contributed by atoms with van der Waals surface area (Å²) in [6.45, 7) is 12.9. The summed E-state index contributed by atoms with van der Waals surface area (Å²) in [4.78, 5) is 60.7. The van der Waals surface area contributed by atoms with E-state index in [-0.39, 0.29) is 58.8 Å². The SMILES string of the molecule is CC1CCC(C(=O)Oc2ccc(C(=O)COc3ccc(F)cc3)cc2)CC1.CC1CCC(c2ccc(C(=O)Oc3cc(F)c(F)c(F)c3)cc2)CC1.CC1CCC(c2ccc(C(=O)Oc3ccc(F)c(F)c3)cc2)CC1.CC1CCC(c2ccc(C(=O)Oc3ccc(F)cc3)cc2)CC1.Cc1ccc(C#Cc2ccc(F)c(F)c2)cc1.Cc1ccc(C#Cc2ccc(F)cc2)cc1. The van der Waals surface area contributed by atoms with E-state index in [9.17, 15) is 67.9 Å². The molecule has 0 spiro atoms. The van der Waals surface area contributed by atoms with Crippen LogP contribution in [-0.4, -0.2) is 36.3 Å². The Kier molecular flexibility index (Phi) is 37.1. The summed E-state index contributed by atoms with van der Waals surface area (Å²) in [6.07, 6.45) is 18.4. The molecule has 0 unspecified atom stereocenters. The standard InChI is InChI=1S/C22H23FO4.C20H19F3O2.C20H20F2O2.C20H21FO2.C15H10F2.C15H11F/c1-15-2-4-17(5-3-15)22(25)27-20-10-6-16(7-11-20)21(24)14-26-19-12-8-18(23)9-13-19;1-12-2-4-13(5-3-12)14-6-8-15(9-7-14)20(24)25-16-10-17(21)19(23)18(22)11-16;1-13-2-4-14(5-3-13)15-6-8-16(9-7-15)20(23)24-17-10-11-18(21)19(22)12-17;1-14-2-4-15(5-3-14)16-6-8-17(9-7-16)20(22)23-19-12-10-18(21)11-13-19;1-11-2-4-12(5-3-11)6-7-13-8-9-14(16)15(17)10-13;1-12-2-4-13(5-3-12)6-7-14-8-10-15(16)11-9-14/h6-13,15,17H,2-5,14H2,1H3;6-13H,2-5H2,1H3;6-14H,2-5H2,1H3;6-15H,2-5H2,1H3;2-5,8-10H,1H3;2-5,8-11H,1H3. The Morgan fingerprint density at radius 1 is 0.273 bits per heavy atom. The second-order valence-corrected chi connectivity index (χ2v) is 34.1. The molecule has 4 saturated carbocycles. The Balaban J connectivity index is 0.000000154. The molecule has 4 aliphatic rings. The Bertz CT molecular complexity index is 5850. The first kappa shape index (κ1) is 99.0. The molecule has 682 valence electrons. The summed E-state index contributed by atoms with van der Waals surface area (Å²) in [5.74, 6) is 6.03. The summed E-state index contributed by atoms with van der Waals surface area (Å²) < 4.78 is 155. The molecule has 0 heterocycles. The van der Waals surface area contributed by atoms with Crippen molar-refractivity contribution in [3.63, 3.8) is 0 Å². The minimum atomic E-state index is -1.59. The zero-order chi connectivity index (χ0) is 94.2. The van der Waals surface area contributed by atoms with E-state index in [1.807, 2.05) is 111 Å². The van der Waals surface area contributed by atoms with Gasteiger partial charge in [-0.15, -0.1) is 0 Å². The summed E-state index contributed by atoms with van der Waals surface area (Å²) in [6, 6.07) is 69.4. The van der Waals surface area contributed by atoms with Gasteiger partial charge < -0.3 is 23.7 Å². The minimum absolute atomic E-state index is 0.00996. The van der Waals surface area contributed by atoms with Gasteiger partial charge in [-0.25, -0.2) is 58.3 Å². The summed E-state index contributed by atoms with van der Waals surface area (Å²) in [7, 11) is 0. The van der Waals surface area contributed by atoms with Crippen LogP contribution in [0.25, 0.3) is 0 Å². The molecule has 0 N–H and O–H groups in total. The molecule has 0 aromatic heterocycles. The van der Waals surface area contributed by atoms with Crippen LogP contribution in [0.15, 0.2) is 267 Å². The molecule has 4 fully saturated rings. The van der Waals surface area contributed by atoms with E-state index >= 15 is 0 Å². The summed E-state index contributed by atoms with van der Waals surface area (Å²) in [5.41, 5.74) is 10.8. The van der Waals surface area contributed by atoms with E-state index in [0.29, 0.717) is 75.3 Å². The molecule has 0 bridgehead atoms. The normalized spacial score (nSPS) is 17.6. The van der Waals surface area contributed by atoms with Crippen LogP contribution in [0.2, 0.25) is 0 Å². The van der Waals surface area contributed by atoms with Gasteiger partial charge in [0.2, 0.25) is 0 Å².